The fourth-order valence-electron chi connectivity index (χ4n) is 2.38. The first-order valence-corrected chi connectivity index (χ1v) is 8.59. The number of anilines is 1. The van der Waals surface area contributed by atoms with Crippen LogP contribution in [0.15, 0.2) is 22.7 Å². The number of amides is 1. The van der Waals surface area contributed by atoms with E-state index >= 15 is 0 Å². The number of nitrogen functional groups attached to an aromatic ring is 1. The number of hydrogen-bond acceptors (Lipinski definition) is 3. The summed E-state index contributed by atoms with van der Waals surface area (Å²) >= 11 is 3.48. The van der Waals surface area contributed by atoms with Crippen molar-refractivity contribution >= 4 is 27.7 Å². The lowest BCUT2D eigenvalue weighted by Crippen LogP contribution is -2.41. The number of carbonyl (C=O) groups excluding carboxylic acids is 1. The number of ether oxygens (including phenoxy) is 1. The number of likely N-dealkylation sites (tertiary alicyclic amines) is 1. The van der Waals surface area contributed by atoms with Crippen LogP contribution in [0.5, 0.6) is 0 Å². The minimum Gasteiger partial charge on any atom is -0.444 e. The second-order valence-corrected chi connectivity index (χ2v) is 7.57. The van der Waals surface area contributed by atoms with Crippen LogP contribution in [0.25, 0.3) is 0 Å². The van der Waals surface area contributed by atoms with Gasteiger partial charge in [0.05, 0.1) is 5.56 Å². The van der Waals surface area contributed by atoms with Gasteiger partial charge in [0.25, 0.3) is 0 Å². The van der Waals surface area contributed by atoms with E-state index < -0.39 is 5.60 Å². The van der Waals surface area contributed by atoms with E-state index in [4.69, 9.17) is 10.5 Å². The highest BCUT2D eigenvalue weighted by Crippen LogP contribution is 2.23. The Bertz CT molecular complexity index is 612. The van der Waals surface area contributed by atoms with Gasteiger partial charge in [-0.15, -0.1) is 0 Å². The number of hydrogen-bond donors (Lipinski definition) is 1. The standard InChI is InChI=1S/C18H23BrN2O2/c1-18(2,3)23-17(22)21-11-9-13(10-12-21)7-8-14-15(19)5-4-6-16(14)20/h4-6,13H,9-12,20H2,1-3H3. The summed E-state index contributed by atoms with van der Waals surface area (Å²) in [5, 5.41) is 0. The molecular formula is C18H23BrN2O2. The van der Waals surface area contributed by atoms with Gasteiger partial charge in [-0.05, 0) is 61.7 Å². The van der Waals surface area contributed by atoms with Crippen molar-refractivity contribution in [1.82, 2.24) is 4.90 Å². The number of rotatable bonds is 0. The van der Waals surface area contributed by atoms with Crippen molar-refractivity contribution in [2.24, 2.45) is 5.92 Å². The summed E-state index contributed by atoms with van der Waals surface area (Å²) in [6.07, 6.45) is 1.48. The van der Waals surface area contributed by atoms with Gasteiger partial charge < -0.3 is 15.4 Å². The normalized spacial score (nSPS) is 15.7. The topological polar surface area (TPSA) is 55.6 Å². The Morgan fingerprint density at radius 1 is 1.35 bits per heavy atom. The molecule has 2 rings (SSSR count). The van der Waals surface area contributed by atoms with E-state index in [1.165, 1.54) is 0 Å². The molecule has 4 nitrogen and oxygen atoms in total. The van der Waals surface area contributed by atoms with E-state index in [0.717, 1.165) is 22.9 Å². The Morgan fingerprint density at radius 2 is 2.00 bits per heavy atom. The van der Waals surface area contributed by atoms with Crippen LogP contribution in [-0.2, 0) is 4.74 Å². The van der Waals surface area contributed by atoms with Crippen molar-refractivity contribution in [3.8, 4) is 11.8 Å². The zero-order valence-corrected chi connectivity index (χ0v) is 15.4. The van der Waals surface area contributed by atoms with Gasteiger partial charge >= 0.3 is 6.09 Å². The van der Waals surface area contributed by atoms with Gasteiger partial charge in [-0.3, -0.25) is 0 Å². The van der Waals surface area contributed by atoms with Gasteiger partial charge in [-0.25, -0.2) is 4.79 Å². The average molecular weight is 379 g/mol. The number of nitrogens with two attached hydrogens (primary N) is 1. The van der Waals surface area contributed by atoms with Gasteiger partial charge in [0.15, 0.2) is 0 Å². The molecule has 1 aromatic carbocycles. The summed E-state index contributed by atoms with van der Waals surface area (Å²) in [5.74, 6) is 6.74. The van der Waals surface area contributed by atoms with E-state index in [2.05, 4.69) is 27.8 Å². The second-order valence-electron chi connectivity index (χ2n) is 6.72. The first kappa shape index (κ1) is 17.7. The molecule has 0 aliphatic carbocycles. The van der Waals surface area contributed by atoms with Gasteiger partial charge in [-0.2, -0.15) is 0 Å². The minimum absolute atomic E-state index is 0.237. The van der Waals surface area contributed by atoms with Crippen LogP contribution in [0.3, 0.4) is 0 Å². The van der Waals surface area contributed by atoms with E-state index in [1.54, 1.807) is 4.90 Å². The molecular weight excluding hydrogens is 356 g/mol. The molecule has 5 heteroatoms. The molecule has 0 radical (unpaired) electrons. The molecule has 0 saturated carbocycles. The van der Waals surface area contributed by atoms with E-state index in [0.29, 0.717) is 18.8 Å². The fourth-order valence-corrected chi connectivity index (χ4v) is 2.86. The molecule has 23 heavy (non-hydrogen) atoms. The molecule has 0 bridgehead atoms. The van der Waals surface area contributed by atoms with Crippen molar-refractivity contribution in [1.29, 1.82) is 0 Å². The number of carbonyl (C=O) groups is 1. The van der Waals surface area contributed by atoms with Gasteiger partial charge in [-0.1, -0.05) is 17.9 Å². The predicted octanol–water partition coefficient (Wildman–Crippen LogP) is 4.03. The van der Waals surface area contributed by atoms with Crippen molar-refractivity contribution in [2.45, 2.75) is 39.2 Å². The molecule has 0 unspecified atom stereocenters. The molecule has 124 valence electrons. The van der Waals surface area contributed by atoms with Crippen molar-refractivity contribution < 1.29 is 9.53 Å². The van der Waals surface area contributed by atoms with E-state index in [-0.39, 0.29) is 12.0 Å². The van der Waals surface area contributed by atoms with Crippen LogP contribution in [0.1, 0.15) is 39.2 Å². The Labute approximate surface area is 146 Å². The van der Waals surface area contributed by atoms with Crippen LogP contribution in [0, 0.1) is 17.8 Å². The zero-order chi connectivity index (χ0) is 17.0. The SMILES string of the molecule is CC(C)(C)OC(=O)N1CCC(C#Cc2c(N)cccc2Br)CC1. The minimum atomic E-state index is -0.454. The van der Waals surface area contributed by atoms with Crippen molar-refractivity contribution in [3.05, 3.63) is 28.2 Å². The maximum atomic E-state index is 12.0. The summed E-state index contributed by atoms with van der Waals surface area (Å²) in [5.41, 5.74) is 7.02. The molecule has 1 amide bonds. The van der Waals surface area contributed by atoms with Gasteiger partial charge in [0.2, 0.25) is 0 Å². The van der Waals surface area contributed by atoms with E-state index in [1.807, 2.05) is 39.0 Å². The lowest BCUT2D eigenvalue weighted by atomic mass is 9.97. The quantitative estimate of drug-likeness (QED) is 0.547. The molecule has 1 fully saturated rings. The Kier molecular flexibility index (Phi) is 5.59. The summed E-state index contributed by atoms with van der Waals surface area (Å²) in [6.45, 7) is 7.00. The number of halogens is 1. The Hall–Kier alpha value is -1.67. The Balaban J connectivity index is 1.93. The smallest absolute Gasteiger partial charge is 0.410 e. The first-order chi connectivity index (χ1) is 10.8. The third-order valence-electron chi connectivity index (χ3n) is 3.59. The molecule has 1 saturated heterocycles. The monoisotopic (exact) mass is 378 g/mol. The third kappa shape index (κ3) is 5.18. The highest BCUT2D eigenvalue weighted by atomic mass is 79.9. The molecule has 0 aromatic heterocycles. The third-order valence-corrected chi connectivity index (χ3v) is 4.25. The van der Waals surface area contributed by atoms with Gasteiger partial charge in [0, 0.05) is 29.2 Å². The lowest BCUT2D eigenvalue weighted by Gasteiger charge is -2.31. The maximum absolute atomic E-state index is 12.0. The summed E-state index contributed by atoms with van der Waals surface area (Å²) in [7, 11) is 0. The summed E-state index contributed by atoms with van der Waals surface area (Å²) in [4.78, 5) is 13.8. The number of piperidine rings is 1. The van der Waals surface area contributed by atoms with Crippen LogP contribution < -0.4 is 5.73 Å². The molecule has 0 spiro atoms. The number of benzene rings is 1. The first-order valence-electron chi connectivity index (χ1n) is 7.80. The molecule has 2 N–H and O–H groups in total. The zero-order valence-electron chi connectivity index (χ0n) is 13.9. The van der Waals surface area contributed by atoms with Crippen molar-refractivity contribution in [3.63, 3.8) is 0 Å². The Morgan fingerprint density at radius 3 is 2.57 bits per heavy atom. The molecule has 1 aliphatic rings. The highest BCUT2D eigenvalue weighted by molar-refractivity contribution is 9.10. The van der Waals surface area contributed by atoms with Crippen LogP contribution in [0.2, 0.25) is 0 Å². The molecule has 1 aromatic rings. The van der Waals surface area contributed by atoms with Crippen LogP contribution in [0.4, 0.5) is 10.5 Å². The molecule has 1 heterocycles. The average Bonchev–Trinajstić information content (AvgIpc) is 2.45. The van der Waals surface area contributed by atoms with Crippen molar-refractivity contribution in [2.75, 3.05) is 18.8 Å². The largest absolute Gasteiger partial charge is 0.444 e. The molecule has 1 aliphatic heterocycles. The fraction of sp³-hybridized carbons (Fsp3) is 0.500. The molecule has 0 atom stereocenters. The number of nitrogens with zero attached hydrogens (tertiary/aromatic N) is 1. The maximum Gasteiger partial charge on any atom is 0.410 e. The van der Waals surface area contributed by atoms with Crippen LogP contribution in [-0.4, -0.2) is 29.7 Å². The predicted molar refractivity (Wildman–Crippen MR) is 96.0 cm³/mol. The summed E-state index contributed by atoms with van der Waals surface area (Å²) in [6, 6.07) is 5.68. The second kappa shape index (κ2) is 7.27. The van der Waals surface area contributed by atoms with Crippen LogP contribution >= 0.6 is 15.9 Å². The van der Waals surface area contributed by atoms with Gasteiger partial charge in [0.1, 0.15) is 5.60 Å². The van der Waals surface area contributed by atoms with E-state index in [9.17, 15) is 4.79 Å². The lowest BCUT2D eigenvalue weighted by molar-refractivity contribution is 0.0199. The summed E-state index contributed by atoms with van der Waals surface area (Å²) < 4.78 is 6.31. The highest BCUT2D eigenvalue weighted by Gasteiger charge is 2.26.